The topological polar surface area (TPSA) is 114 Å². The van der Waals surface area contributed by atoms with E-state index in [1.807, 2.05) is 0 Å². The number of aromatic nitrogens is 1. The third-order valence-corrected chi connectivity index (χ3v) is 3.30. The Bertz CT molecular complexity index is 558. The first-order chi connectivity index (χ1) is 9.49. The Balaban J connectivity index is 2.16. The lowest BCUT2D eigenvalue weighted by Gasteiger charge is -2.30. The van der Waals surface area contributed by atoms with Gasteiger partial charge in [-0.2, -0.15) is 0 Å². The van der Waals surface area contributed by atoms with Gasteiger partial charge in [0.2, 0.25) is 5.91 Å². The van der Waals surface area contributed by atoms with E-state index in [4.69, 9.17) is 10.8 Å². The summed E-state index contributed by atoms with van der Waals surface area (Å²) in [7, 11) is 0. The highest BCUT2D eigenvalue weighted by atomic mass is 16.4. The molecule has 20 heavy (non-hydrogen) atoms. The maximum absolute atomic E-state index is 12.3. The van der Waals surface area contributed by atoms with Gasteiger partial charge in [-0.25, -0.2) is 9.78 Å². The van der Waals surface area contributed by atoms with Crippen molar-refractivity contribution >= 4 is 17.8 Å². The van der Waals surface area contributed by atoms with Gasteiger partial charge >= 0.3 is 5.97 Å². The predicted octanol–water partition coefficient (Wildman–Crippen LogP) is 0.117. The molecule has 1 aliphatic rings. The fraction of sp³-hybridized carbons (Fsp3) is 0.385. The van der Waals surface area contributed by atoms with Crippen molar-refractivity contribution < 1.29 is 19.5 Å². The van der Waals surface area contributed by atoms with E-state index in [1.54, 1.807) is 0 Å². The van der Waals surface area contributed by atoms with Crippen LogP contribution in [0.3, 0.4) is 0 Å². The monoisotopic (exact) mass is 277 g/mol. The molecule has 0 saturated carbocycles. The van der Waals surface area contributed by atoms with Crippen LogP contribution in [0.5, 0.6) is 0 Å². The van der Waals surface area contributed by atoms with Crippen LogP contribution >= 0.6 is 0 Å². The van der Waals surface area contributed by atoms with Crippen LogP contribution < -0.4 is 5.73 Å². The molecule has 1 aliphatic heterocycles. The summed E-state index contributed by atoms with van der Waals surface area (Å²) in [5, 5.41) is 8.87. The summed E-state index contributed by atoms with van der Waals surface area (Å²) in [6.07, 6.45) is 1.36. The molecule has 7 heteroatoms. The number of carbonyl (C=O) groups excluding carboxylic acids is 2. The van der Waals surface area contributed by atoms with Crippen molar-refractivity contribution in [1.82, 2.24) is 9.88 Å². The molecule has 0 aliphatic carbocycles. The van der Waals surface area contributed by atoms with Crippen molar-refractivity contribution in [2.75, 3.05) is 13.1 Å². The molecule has 0 bridgehead atoms. The van der Waals surface area contributed by atoms with Gasteiger partial charge < -0.3 is 15.7 Å². The van der Waals surface area contributed by atoms with Crippen molar-refractivity contribution in [1.29, 1.82) is 0 Å². The number of nitrogens with two attached hydrogens (primary N) is 1. The Morgan fingerprint density at radius 3 is 2.65 bits per heavy atom. The number of likely N-dealkylation sites (tertiary alicyclic amines) is 1. The molecule has 1 saturated heterocycles. The van der Waals surface area contributed by atoms with E-state index in [1.165, 1.54) is 23.1 Å². The molecule has 7 nitrogen and oxygen atoms in total. The summed E-state index contributed by atoms with van der Waals surface area (Å²) in [6.45, 7) is 0.773. The first-order valence-corrected chi connectivity index (χ1v) is 6.28. The molecule has 1 aromatic rings. The molecular formula is C13H15N3O4. The van der Waals surface area contributed by atoms with Crippen LogP contribution in [-0.2, 0) is 4.79 Å². The highest BCUT2D eigenvalue weighted by Gasteiger charge is 2.28. The van der Waals surface area contributed by atoms with E-state index in [2.05, 4.69) is 4.98 Å². The van der Waals surface area contributed by atoms with Crippen molar-refractivity contribution in [2.24, 2.45) is 11.7 Å². The van der Waals surface area contributed by atoms with Crippen LogP contribution in [0.15, 0.2) is 18.2 Å². The molecular weight excluding hydrogens is 262 g/mol. The smallest absolute Gasteiger partial charge is 0.354 e. The first-order valence-electron chi connectivity index (χ1n) is 6.28. The Morgan fingerprint density at radius 1 is 1.30 bits per heavy atom. The normalized spacial score (nSPS) is 18.6. The van der Waals surface area contributed by atoms with Crippen LogP contribution in [0.1, 0.15) is 33.8 Å². The van der Waals surface area contributed by atoms with E-state index >= 15 is 0 Å². The number of primary amides is 1. The van der Waals surface area contributed by atoms with Crippen molar-refractivity contribution in [3.63, 3.8) is 0 Å². The Labute approximate surface area is 115 Å². The highest BCUT2D eigenvalue weighted by Crippen LogP contribution is 2.18. The van der Waals surface area contributed by atoms with Gasteiger partial charge in [0.25, 0.3) is 5.91 Å². The van der Waals surface area contributed by atoms with Gasteiger partial charge in [-0.3, -0.25) is 9.59 Å². The number of hydrogen-bond acceptors (Lipinski definition) is 4. The van der Waals surface area contributed by atoms with Crippen LogP contribution in [0.2, 0.25) is 0 Å². The summed E-state index contributed by atoms with van der Waals surface area (Å²) in [4.78, 5) is 39.6. The molecule has 0 spiro atoms. The molecule has 3 N–H and O–H groups in total. The van der Waals surface area contributed by atoms with E-state index in [9.17, 15) is 14.4 Å². The number of hydrogen-bond donors (Lipinski definition) is 2. The fourth-order valence-electron chi connectivity index (χ4n) is 2.23. The van der Waals surface area contributed by atoms with Gasteiger partial charge in [-0.15, -0.1) is 0 Å². The molecule has 106 valence electrons. The lowest BCUT2D eigenvalue weighted by Crippen LogP contribution is -2.44. The standard InChI is InChI=1S/C13H15N3O4/c14-11(17)8-3-2-6-16(7-8)12(18)9-4-1-5-10(15-9)13(19)20/h1,4-5,8H,2-3,6-7H2,(H2,14,17)(H,19,20). The maximum Gasteiger partial charge on any atom is 0.354 e. The lowest BCUT2D eigenvalue weighted by molar-refractivity contribution is -0.123. The molecule has 2 heterocycles. The number of carbonyl (C=O) groups is 3. The van der Waals surface area contributed by atoms with E-state index < -0.39 is 11.9 Å². The highest BCUT2D eigenvalue weighted by molar-refractivity contribution is 5.94. The minimum Gasteiger partial charge on any atom is -0.477 e. The molecule has 2 amide bonds. The summed E-state index contributed by atoms with van der Waals surface area (Å²) < 4.78 is 0. The lowest BCUT2D eigenvalue weighted by atomic mass is 9.97. The van der Waals surface area contributed by atoms with E-state index in [0.29, 0.717) is 19.4 Å². The number of piperidine rings is 1. The van der Waals surface area contributed by atoms with Crippen molar-refractivity contribution in [3.05, 3.63) is 29.6 Å². The predicted molar refractivity (Wildman–Crippen MR) is 69.0 cm³/mol. The van der Waals surface area contributed by atoms with Gasteiger partial charge in [-0.05, 0) is 25.0 Å². The average Bonchev–Trinajstić information content (AvgIpc) is 2.46. The maximum atomic E-state index is 12.3. The molecule has 2 rings (SSSR count). The molecule has 0 radical (unpaired) electrons. The van der Waals surface area contributed by atoms with E-state index in [-0.39, 0.29) is 29.8 Å². The van der Waals surface area contributed by atoms with Crippen molar-refractivity contribution in [3.8, 4) is 0 Å². The second kappa shape index (κ2) is 5.68. The largest absolute Gasteiger partial charge is 0.477 e. The summed E-state index contributed by atoms with van der Waals surface area (Å²) >= 11 is 0. The number of rotatable bonds is 3. The Morgan fingerprint density at radius 2 is 2.00 bits per heavy atom. The minimum absolute atomic E-state index is 0.0648. The van der Waals surface area contributed by atoms with Gasteiger partial charge in [0.15, 0.2) is 0 Å². The zero-order valence-corrected chi connectivity index (χ0v) is 10.8. The fourth-order valence-corrected chi connectivity index (χ4v) is 2.23. The van der Waals surface area contributed by atoms with Gasteiger partial charge in [-0.1, -0.05) is 6.07 Å². The second-order valence-electron chi connectivity index (χ2n) is 4.71. The van der Waals surface area contributed by atoms with Crippen LogP contribution in [0.4, 0.5) is 0 Å². The summed E-state index contributed by atoms with van der Waals surface area (Å²) in [5.74, 6) is -2.34. The third-order valence-electron chi connectivity index (χ3n) is 3.30. The summed E-state index contributed by atoms with van der Waals surface area (Å²) in [6, 6.07) is 4.25. The third kappa shape index (κ3) is 2.93. The van der Waals surface area contributed by atoms with Crippen LogP contribution in [-0.4, -0.2) is 45.9 Å². The zero-order chi connectivity index (χ0) is 14.7. The number of carboxylic acid groups (broad SMARTS) is 1. The van der Waals surface area contributed by atoms with Gasteiger partial charge in [0.05, 0.1) is 5.92 Å². The molecule has 0 aromatic carbocycles. The van der Waals surface area contributed by atoms with E-state index in [0.717, 1.165) is 0 Å². The first kappa shape index (κ1) is 14.0. The number of carboxylic acids is 1. The zero-order valence-electron chi connectivity index (χ0n) is 10.8. The average molecular weight is 277 g/mol. The Hall–Kier alpha value is -2.44. The van der Waals surface area contributed by atoms with Crippen LogP contribution in [0.25, 0.3) is 0 Å². The number of amides is 2. The quantitative estimate of drug-likeness (QED) is 0.814. The number of aromatic carboxylic acids is 1. The number of nitrogens with zero attached hydrogens (tertiary/aromatic N) is 2. The molecule has 1 unspecified atom stereocenters. The minimum atomic E-state index is -1.19. The molecule has 1 aromatic heterocycles. The van der Waals surface area contributed by atoms with Crippen molar-refractivity contribution in [2.45, 2.75) is 12.8 Å². The van der Waals surface area contributed by atoms with Crippen LogP contribution in [0, 0.1) is 5.92 Å². The van der Waals surface area contributed by atoms with Gasteiger partial charge in [0, 0.05) is 13.1 Å². The molecule has 1 fully saturated rings. The molecule has 1 atom stereocenters. The SMILES string of the molecule is NC(=O)C1CCCN(C(=O)c2cccc(C(=O)O)n2)C1. The second-order valence-corrected chi connectivity index (χ2v) is 4.71. The Kier molecular flexibility index (Phi) is 3.97. The van der Waals surface area contributed by atoms with Gasteiger partial charge in [0.1, 0.15) is 11.4 Å². The number of pyridine rings is 1. The summed E-state index contributed by atoms with van der Waals surface area (Å²) in [5.41, 5.74) is 5.15.